The third-order valence-electron chi connectivity index (χ3n) is 2.67. The lowest BCUT2D eigenvalue weighted by Crippen LogP contribution is -2.01. The van der Waals surface area contributed by atoms with Gasteiger partial charge in [0.2, 0.25) is 0 Å². The van der Waals surface area contributed by atoms with E-state index in [4.69, 9.17) is 5.11 Å². The van der Waals surface area contributed by atoms with Gasteiger partial charge in [-0.05, 0) is 37.1 Å². The molecule has 2 rings (SSSR count). The lowest BCUT2D eigenvalue weighted by molar-refractivity contribution is 0.0696. The molecule has 1 aromatic heterocycles. The third kappa shape index (κ3) is 1.09. The molecule has 0 aliphatic rings. The summed E-state index contributed by atoms with van der Waals surface area (Å²) in [5.41, 5.74) is 3.12. The minimum Gasteiger partial charge on any atom is -0.478 e. The van der Waals surface area contributed by atoms with E-state index in [0.29, 0.717) is 5.56 Å². The molecule has 3 nitrogen and oxygen atoms in total. The number of carboxylic acid groups (broad SMARTS) is 1. The molecule has 0 fully saturated rings. The molecule has 1 aromatic carbocycles. The highest BCUT2D eigenvalue weighted by molar-refractivity contribution is 5.96. The van der Waals surface area contributed by atoms with Gasteiger partial charge in [0.25, 0.3) is 0 Å². The van der Waals surface area contributed by atoms with Crippen molar-refractivity contribution >= 4 is 16.9 Å². The Labute approximate surface area is 81.4 Å². The van der Waals surface area contributed by atoms with E-state index in [1.165, 1.54) is 0 Å². The van der Waals surface area contributed by atoms with Gasteiger partial charge in [-0.3, -0.25) is 0 Å². The Hall–Kier alpha value is -1.77. The van der Waals surface area contributed by atoms with Gasteiger partial charge in [0.15, 0.2) is 0 Å². The van der Waals surface area contributed by atoms with Crippen LogP contribution in [0, 0.1) is 13.8 Å². The predicted octanol–water partition coefficient (Wildman–Crippen LogP) is 2.48. The van der Waals surface area contributed by atoms with Crippen LogP contribution in [0.2, 0.25) is 0 Å². The second-order valence-corrected chi connectivity index (χ2v) is 3.42. The fraction of sp³-hybridized carbons (Fsp3) is 0.182. The Morgan fingerprint density at radius 2 is 2.07 bits per heavy atom. The average molecular weight is 189 g/mol. The van der Waals surface area contributed by atoms with Gasteiger partial charge in [-0.2, -0.15) is 0 Å². The summed E-state index contributed by atoms with van der Waals surface area (Å²) in [4.78, 5) is 13.9. The second kappa shape index (κ2) is 2.87. The van der Waals surface area contributed by atoms with E-state index in [-0.39, 0.29) is 0 Å². The first-order chi connectivity index (χ1) is 6.61. The summed E-state index contributed by atoms with van der Waals surface area (Å²) in [7, 11) is 0. The van der Waals surface area contributed by atoms with Gasteiger partial charge in [-0.25, -0.2) is 4.79 Å². The topological polar surface area (TPSA) is 53.1 Å². The molecular formula is C11H11NO2. The van der Waals surface area contributed by atoms with Crippen molar-refractivity contribution in [3.05, 3.63) is 35.0 Å². The third-order valence-corrected chi connectivity index (χ3v) is 2.67. The molecule has 2 N–H and O–H groups in total. The van der Waals surface area contributed by atoms with Crippen molar-refractivity contribution in [2.75, 3.05) is 0 Å². The minimum atomic E-state index is -0.873. The number of benzene rings is 1. The van der Waals surface area contributed by atoms with Crippen molar-refractivity contribution in [2.45, 2.75) is 13.8 Å². The van der Waals surface area contributed by atoms with Crippen molar-refractivity contribution < 1.29 is 9.90 Å². The van der Waals surface area contributed by atoms with Crippen LogP contribution >= 0.6 is 0 Å². The van der Waals surface area contributed by atoms with E-state index in [1.807, 2.05) is 26.1 Å². The average Bonchev–Trinajstić information content (AvgIpc) is 2.58. The molecule has 72 valence electrons. The molecule has 0 spiro atoms. The zero-order chi connectivity index (χ0) is 10.3. The molecule has 1 heterocycles. The first kappa shape index (κ1) is 8.81. The maximum absolute atomic E-state index is 10.9. The van der Waals surface area contributed by atoms with Crippen LogP contribution in [0.15, 0.2) is 18.3 Å². The van der Waals surface area contributed by atoms with Gasteiger partial charge >= 0.3 is 5.97 Å². The Morgan fingerprint density at radius 1 is 1.36 bits per heavy atom. The van der Waals surface area contributed by atoms with Crippen molar-refractivity contribution in [1.29, 1.82) is 0 Å². The summed E-state index contributed by atoms with van der Waals surface area (Å²) in [6.07, 6.45) is 1.82. The highest BCUT2D eigenvalue weighted by Crippen LogP contribution is 2.23. The first-order valence-corrected chi connectivity index (χ1v) is 4.42. The molecule has 3 heteroatoms. The Kier molecular flexibility index (Phi) is 1.81. The van der Waals surface area contributed by atoms with Crippen LogP contribution in [0.1, 0.15) is 21.5 Å². The van der Waals surface area contributed by atoms with Crippen LogP contribution in [0.4, 0.5) is 0 Å². The SMILES string of the molecule is Cc1c(C(=O)O)cc2[nH]ccc2c1C. The van der Waals surface area contributed by atoms with Gasteiger partial charge in [-0.15, -0.1) is 0 Å². The van der Waals surface area contributed by atoms with Crippen LogP contribution in [0.25, 0.3) is 10.9 Å². The van der Waals surface area contributed by atoms with E-state index < -0.39 is 5.97 Å². The maximum atomic E-state index is 10.9. The molecule has 0 aliphatic heterocycles. The summed E-state index contributed by atoms with van der Waals surface area (Å²) in [6.45, 7) is 3.78. The number of aromatic carboxylic acids is 1. The largest absolute Gasteiger partial charge is 0.478 e. The number of carboxylic acids is 1. The molecule has 0 unspecified atom stereocenters. The molecule has 0 bridgehead atoms. The van der Waals surface area contributed by atoms with Crippen molar-refractivity contribution in [3.8, 4) is 0 Å². The molecule has 14 heavy (non-hydrogen) atoms. The predicted molar refractivity (Wildman–Crippen MR) is 54.7 cm³/mol. The number of hydrogen-bond acceptors (Lipinski definition) is 1. The van der Waals surface area contributed by atoms with Gasteiger partial charge in [0, 0.05) is 17.1 Å². The van der Waals surface area contributed by atoms with E-state index in [1.54, 1.807) is 6.07 Å². The van der Waals surface area contributed by atoms with Crippen LogP contribution in [0.5, 0.6) is 0 Å². The quantitative estimate of drug-likeness (QED) is 0.724. The number of aryl methyl sites for hydroxylation is 1. The lowest BCUT2D eigenvalue weighted by Gasteiger charge is -2.06. The van der Waals surface area contributed by atoms with Crippen molar-refractivity contribution in [2.24, 2.45) is 0 Å². The van der Waals surface area contributed by atoms with E-state index >= 15 is 0 Å². The number of H-pyrrole nitrogens is 1. The molecule has 0 saturated carbocycles. The number of hydrogen-bond donors (Lipinski definition) is 2. The van der Waals surface area contributed by atoms with Crippen molar-refractivity contribution in [1.82, 2.24) is 4.98 Å². The summed E-state index contributed by atoms with van der Waals surface area (Å²) < 4.78 is 0. The fourth-order valence-electron chi connectivity index (χ4n) is 1.71. The summed E-state index contributed by atoms with van der Waals surface area (Å²) in [5, 5.41) is 10.1. The summed E-state index contributed by atoms with van der Waals surface area (Å²) in [5.74, 6) is -0.873. The van der Waals surface area contributed by atoms with E-state index in [2.05, 4.69) is 4.98 Å². The number of nitrogens with one attached hydrogen (secondary N) is 1. The number of rotatable bonds is 1. The Bertz CT molecular complexity index is 511. The zero-order valence-corrected chi connectivity index (χ0v) is 8.09. The smallest absolute Gasteiger partial charge is 0.336 e. The molecular weight excluding hydrogens is 178 g/mol. The number of aromatic nitrogens is 1. The minimum absolute atomic E-state index is 0.373. The van der Waals surface area contributed by atoms with Crippen molar-refractivity contribution in [3.63, 3.8) is 0 Å². The summed E-state index contributed by atoms with van der Waals surface area (Å²) in [6, 6.07) is 3.64. The normalized spacial score (nSPS) is 10.7. The Morgan fingerprint density at radius 3 is 2.71 bits per heavy atom. The first-order valence-electron chi connectivity index (χ1n) is 4.42. The molecule has 0 aliphatic carbocycles. The molecule has 0 atom stereocenters. The Balaban J connectivity index is 2.87. The zero-order valence-electron chi connectivity index (χ0n) is 8.09. The molecule has 0 saturated heterocycles. The fourth-order valence-corrected chi connectivity index (χ4v) is 1.71. The van der Waals surface area contributed by atoms with E-state index in [9.17, 15) is 4.79 Å². The molecule has 2 aromatic rings. The monoisotopic (exact) mass is 189 g/mol. The van der Waals surface area contributed by atoms with Crippen LogP contribution in [-0.2, 0) is 0 Å². The summed E-state index contributed by atoms with van der Waals surface area (Å²) >= 11 is 0. The van der Waals surface area contributed by atoms with Gasteiger partial charge < -0.3 is 10.1 Å². The van der Waals surface area contributed by atoms with Crippen LogP contribution < -0.4 is 0 Å². The van der Waals surface area contributed by atoms with Gasteiger partial charge in [0.1, 0.15) is 0 Å². The highest BCUT2D eigenvalue weighted by atomic mass is 16.4. The van der Waals surface area contributed by atoms with Gasteiger partial charge in [-0.1, -0.05) is 0 Å². The number of carbonyl (C=O) groups is 1. The number of fused-ring (bicyclic) bond motifs is 1. The second-order valence-electron chi connectivity index (χ2n) is 3.42. The van der Waals surface area contributed by atoms with Crippen LogP contribution in [-0.4, -0.2) is 16.1 Å². The van der Waals surface area contributed by atoms with Gasteiger partial charge in [0.05, 0.1) is 5.56 Å². The number of aromatic amines is 1. The maximum Gasteiger partial charge on any atom is 0.336 e. The highest BCUT2D eigenvalue weighted by Gasteiger charge is 2.12. The molecule has 0 amide bonds. The molecule has 0 radical (unpaired) electrons. The lowest BCUT2D eigenvalue weighted by atomic mass is 10.00. The van der Waals surface area contributed by atoms with E-state index in [0.717, 1.165) is 22.0 Å². The standard InChI is InChI=1S/C11H11NO2/c1-6-7(2)9(11(13)14)5-10-8(6)3-4-12-10/h3-5,12H,1-2H3,(H,13,14). The van der Waals surface area contributed by atoms with Crippen LogP contribution in [0.3, 0.4) is 0 Å².